The summed E-state index contributed by atoms with van der Waals surface area (Å²) in [5.41, 5.74) is 0. The van der Waals surface area contributed by atoms with E-state index >= 15 is 0 Å². The van der Waals surface area contributed by atoms with Crippen LogP contribution in [0.1, 0.15) is 6.92 Å². The molecular weight excluding hydrogens is 258 g/mol. The fourth-order valence-electron chi connectivity index (χ4n) is 1.75. The van der Waals surface area contributed by atoms with Gasteiger partial charge >= 0.3 is 5.97 Å². The zero-order chi connectivity index (χ0) is 13.8. The summed E-state index contributed by atoms with van der Waals surface area (Å²) >= 11 is 0. The van der Waals surface area contributed by atoms with E-state index in [1.54, 1.807) is 0 Å². The molecule has 0 amide bonds. The Morgan fingerprint density at radius 2 is 1.94 bits per heavy atom. The van der Waals surface area contributed by atoms with E-state index < -0.39 is 21.2 Å². The summed E-state index contributed by atoms with van der Waals surface area (Å²) in [5, 5.41) is 7.36. The monoisotopic (exact) mass is 275 g/mol. The van der Waals surface area contributed by atoms with Gasteiger partial charge in [0.2, 0.25) is 10.0 Å². The molecule has 0 spiro atoms. The highest BCUT2D eigenvalue weighted by Crippen LogP contribution is 2.13. The van der Waals surface area contributed by atoms with Crippen molar-refractivity contribution in [3.05, 3.63) is 0 Å². The minimum Gasteiger partial charge on any atom is -0.468 e. The Hall–Kier alpha value is -1.17. The van der Waals surface area contributed by atoms with Crippen LogP contribution in [-0.2, 0) is 19.6 Å². The molecule has 1 atom stereocenters. The average Bonchev–Trinajstić information content (AvgIpc) is 2.38. The van der Waals surface area contributed by atoms with Crippen LogP contribution in [-0.4, -0.2) is 68.7 Å². The van der Waals surface area contributed by atoms with Crippen LogP contribution in [0.25, 0.3) is 0 Å². The Labute approximate surface area is 107 Å². The van der Waals surface area contributed by atoms with Crippen LogP contribution < -0.4 is 0 Å². The SMILES string of the molecule is COC(=O)C(C)S(=O)(=O)N1CCN(CC#N)CC1. The second-order valence-corrected chi connectivity index (χ2v) is 6.30. The number of hydrogen-bond acceptors (Lipinski definition) is 6. The van der Waals surface area contributed by atoms with Crippen LogP contribution >= 0.6 is 0 Å². The average molecular weight is 275 g/mol. The molecule has 102 valence electrons. The molecule has 7 nitrogen and oxygen atoms in total. The number of methoxy groups -OCH3 is 1. The Morgan fingerprint density at radius 1 is 1.39 bits per heavy atom. The molecule has 0 saturated carbocycles. The van der Waals surface area contributed by atoms with Gasteiger partial charge in [-0.1, -0.05) is 0 Å². The van der Waals surface area contributed by atoms with Crippen molar-refractivity contribution >= 4 is 16.0 Å². The summed E-state index contributed by atoms with van der Waals surface area (Å²) in [5.74, 6) is -0.755. The van der Waals surface area contributed by atoms with Gasteiger partial charge in [0.15, 0.2) is 5.25 Å². The van der Waals surface area contributed by atoms with Gasteiger partial charge in [-0.2, -0.15) is 9.57 Å². The minimum atomic E-state index is -3.66. The molecule has 8 heteroatoms. The summed E-state index contributed by atoms with van der Waals surface area (Å²) in [6, 6.07) is 2.02. The molecule has 0 bridgehead atoms. The number of piperazine rings is 1. The number of hydrogen-bond donors (Lipinski definition) is 0. The highest BCUT2D eigenvalue weighted by Gasteiger charge is 2.36. The molecule has 1 unspecified atom stereocenters. The topological polar surface area (TPSA) is 90.7 Å². The predicted octanol–water partition coefficient (Wildman–Crippen LogP) is -0.981. The molecule has 1 fully saturated rings. The van der Waals surface area contributed by atoms with E-state index in [1.807, 2.05) is 11.0 Å². The zero-order valence-corrected chi connectivity index (χ0v) is 11.3. The maximum absolute atomic E-state index is 12.1. The molecule has 0 aliphatic carbocycles. The van der Waals surface area contributed by atoms with Crippen LogP contribution in [0.4, 0.5) is 0 Å². The van der Waals surface area contributed by atoms with E-state index in [1.165, 1.54) is 18.3 Å². The highest BCUT2D eigenvalue weighted by atomic mass is 32.2. The maximum Gasteiger partial charge on any atom is 0.325 e. The smallest absolute Gasteiger partial charge is 0.325 e. The molecule has 0 aromatic rings. The third-order valence-corrected chi connectivity index (χ3v) is 5.14. The van der Waals surface area contributed by atoms with Crippen molar-refractivity contribution in [2.45, 2.75) is 12.2 Å². The lowest BCUT2D eigenvalue weighted by Crippen LogP contribution is -2.51. The fraction of sp³-hybridized carbons (Fsp3) is 0.800. The van der Waals surface area contributed by atoms with Crippen molar-refractivity contribution in [2.24, 2.45) is 0 Å². The number of rotatable bonds is 4. The van der Waals surface area contributed by atoms with E-state index in [2.05, 4.69) is 4.74 Å². The second kappa shape index (κ2) is 6.13. The molecule has 1 aliphatic rings. The first-order valence-electron chi connectivity index (χ1n) is 5.59. The van der Waals surface area contributed by atoms with Crippen molar-refractivity contribution in [3.8, 4) is 6.07 Å². The fourth-order valence-corrected chi connectivity index (χ4v) is 3.21. The van der Waals surface area contributed by atoms with Gasteiger partial charge in [0.25, 0.3) is 0 Å². The van der Waals surface area contributed by atoms with Gasteiger partial charge in [-0.15, -0.1) is 0 Å². The lowest BCUT2D eigenvalue weighted by Gasteiger charge is -2.33. The van der Waals surface area contributed by atoms with Gasteiger partial charge in [0.1, 0.15) is 0 Å². The van der Waals surface area contributed by atoms with Crippen molar-refractivity contribution < 1.29 is 17.9 Å². The van der Waals surface area contributed by atoms with Gasteiger partial charge in [0, 0.05) is 26.2 Å². The van der Waals surface area contributed by atoms with Crippen molar-refractivity contribution in [1.82, 2.24) is 9.21 Å². The molecule has 1 saturated heterocycles. The van der Waals surface area contributed by atoms with E-state index in [4.69, 9.17) is 5.26 Å². The molecule has 1 heterocycles. The summed E-state index contributed by atoms with van der Waals surface area (Å²) in [6.07, 6.45) is 0. The normalized spacial score (nSPS) is 20.1. The minimum absolute atomic E-state index is 0.292. The summed E-state index contributed by atoms with van der Waals surface area (Å²) in [7, 11) is -2.50. The van der Waals surface area contributed by atoms with E-state index in [9.17, 15) is 13.2 Å². The maximum atomic E-state index is 12.1. The Bertz CT molecular complexity index is 435. The standard InChI is InChI=1S/C10H17N3O4S/c1-9(10(14)17-2)18(15,16)13-7-5-12(4-3-11)6-8-13/h9H,4-8H2,1-2H3. The number of sulfonamides is 1. The van der Waals surface area contributed by atoms with E-state index in [0.717, 1.165) is 0 Å². The predicted molar refractivity (Wildman–Crippen MR) is 64.0 cm³/mol. The van der Waals surface area contributed by atoms with Crippen molar-refractivity contribution in [1.29, 1.82) is 5.26 Å². The third kappa shape index (κ3) is 3.19. The number of ether oxygens (including phenoxy) is 1. The largest absolute Gasteiger partial charge is 0.468 e. The molecule has 0 radical (unpaired) electrons. The lowest BCUT2D eigenvalue weighted by molar-refractivity contribution is -0.139. The molecule has 1 aliphatic heterocycles. The first-order valence-corrected chi connectivity index (χ1v) is 7.10. The quantitative estimate of drug-likeness (QED) is 0.484. The van der Waals surface area contributed by atoms with Crippen LogP contribution in [0, 0.1) is 11.3 Å². The summed E-state index contributed by atoms with van der Waals surface area (Å²) < 4.78 is 29.9. The number of esters is 1. The Morgan fingerprint density at radius 3 is 2.39 bits per heavy atom. The molecule has 0 N–H and O–H groups in total. The first-order chi connectivity index (χ1) is 8.43. The van der Waals surface area contributed by atoms with Gasteiger partial charge in [-0.05, 0) is 6.92 Å². The Balaban J connectivity index is 2.67. The molecular formula is C10H17N3O4S. The number of nitriles is 1. The van der Waals surface area contributed by atoms with Crippen LogP contribution in [0.2, 0.25) is 0 Å². The number of carbonyl (C=O) groups excluding carboxylic acids is 1. The number of nitrogens with zero attached hydrogens (tertiary/aromatic N) is 3. The van der Waals surface area contributed by atoms with Gasteiger partial charge in [0.05, 0.1) is 19.7 Å². The third-order valence-electron chi connectivity index (χ3n) is 2.97. The Kier molecular flexibility index (Phi) is 5.07. The highest BCUT2D eigenvalue weighted by molar-refractivity contribution is 7.90. The van der Waals surface area contributed by atoms with E-state index in [0.29, 0.717) is 32.7 Å². The second-order valence-electron chi connectivity index (χ2n) is 4.04. The van der Waals surface area contributed by atoms with Crippen molar-refractivity contribution in [3.63, 3.8) is 0 Å². The number of carbonyl (C=O) groups is 1. The lowest BCUT2D eigenvalue weighted by atomic mass is 10.4. The van der Waals surface area contributed by atoms with Gasteiger partial charge < -0.3 is 4.74 Å². The molecule has 0 aromatic carbocycles. The van der Waals surface area contributed by atoms with E-state index in [-0.39, 0.29) is 0 Å². The van der Waals surface area contributed by atoms with Gasteiger partial charge in [-0.3, -0.25) is 9.69 Å². The van der Waals surface area contributed by atoms with Gasteiger partial charge in [-0.25, -0.2) is 8.42 Å². The zero-order valence-electron chi connectivity index (χ0n) is 10.5. The molecule has 18 heavy (non-hydrogen) atoms. The van der Waals surface area contributed by atoms with Crippen LogP contribution in [0.15, 0.2) is 0 Å². The van der Waals surface area contributed by atoms with Crippen LogP contribution in [0.3, 0.4) is 0 Å². The first kappa shape index (κ1) is 14.9. The van der Waals surface area contributed by atoms with Crippen molar-refractivity contribution in [2.75, 3.05) is 39.8 Å². The molecule has 0 aromatic heterocycles. The van der Waals surface area contributed by atoms with Crippen LogP contribution in [0.5, 0.6) is 0 Å². The summed E-state index contributed by atoms with van der Waals surface area (Å²) in [4.78, 5) is 13.2. The molecule has 1 rings (SSSR count). The summed E-state index contributed by atoms with van der Waals surface area (Å²) in [6.45, 7) is 3.21.